The van der Waals surface area contributed by atoms with Gasteiger partial charge in [-0.15, -0.1) is 0 Å². The number of carbonyl (C=O) groups excluding carboxylic acids is 1. The van der Waals surface area contributed by atoms with Gasteiger partial charge in [0.25, 0.3) is 5.69 Å². The number of nitro groups is 1. The molecule has 130 valence electrons. The lowest BCUT2D eigenvalue weighted by molar-refractivity contribution is -0.384. The molecule has 0 bridgehead atoms. The highest BCUT2D eigenvalue weighted by Gasteiger charge is 2.50. The minimum absolute atomic E-state index is 0.0359. The van der Waals surface area contributed by atoms with Crippen LogP contribution in [0, 0.1) is 15.9 Å². The molecule has 2 aromatic rings. The predicted molar refractivity (Wildman–Crippen MR) is 91.9 cm³/mol. The number of nitrogens with zero attached hydrogens (tertiary/aromatic N) is 1. The predicted octanol–water partition coefficient (Wildman–Crippen LogP) is 2.99. The number of rotatable bonds is 7. The van der Waals surface area contributed by atoms with E-state index in [-0.39, 0.29) is 17.4 Å². The molecule has 2 N–H and O–H groups in total. The van der Waals surface area contributed by atoms with Crippen LogP contribution in [0.2, 0.25) is 0 Å². The average Bonchev–Trinajstić information content (AvgIpc) is 3.41. The third-order valence-electron chi connectivity index (χ3n) is 4.40. The van der Waals surface area contributed by atoms with Crippen molar-refractivity contribution in [2.24, 2.45) is 0 Å². The topological polar surface area (TPSA) is 84.3 Å². The molecule has 1 aliphatic rings. The largest absolute Gasteiger partial charge is 0.383 e. The van der Waals surface area contributed by atoms with Crippen LogP contribution in [0.15, 0.2) is 48.5 Å². The van der Waals surface area contributed by atoms with Crippen molar-refractivity contribution in [1.29, 1.82) is 0 Å². The van der Waals surface area contributed by atoms with Crippen LogP contribution in [0.25, 0.3) is 0 Å². The summed E-state index contributed by atoms with van der Waals surface area (Å²) in [6, 6.07) is 12.2. The molecule has 0 atom stereocenters. The van der Waals surface area contributed by atoms with Gasteiger partial charge in [-0.3, -0.25) is 14.9 Å². The maximum absolute atomic E-state index is 13.0. The summed E-state index contributed by atoms with van der Waals surface area (Å²) < 4.78 is 13.0. The van der Waals surface area contributed by atoms with Crippen LogP contribution >= 0.6 is 0 Å². The van der Waals surface area contributed by atoms with Gasteiger partial charge >= 0.3 is 0 Å². The number of amides is 1. The first-order chi connectivity index (χ1) is 12.0. The number of carbonyl (C=O) groups is 1. The maximum Gasteiger partial charge on any atom is 0.269 e. The van der Waals surface area contributed by atoms with Crippen molar-refractivity contribution in [2.45, 2.75) is 18.3 Å². The number of nitrogens with one attached hydrogen (secondary N) is 2. The average molecular weight is 343 g/mol. The van der Waals surface area contributed by atoms with E-state index < -0.39 is 10.3 Å². The standard InChI is InChI=1S/C18H18FN3O3/c19-14-3-1-13(2-4-14)18(9-10-18)17(23)21-12-11-20-15-5-7-16(8-6-15)22(24)25/h1-8,20H,9-12H2,(H,21,23). The lowest BCUT2D eigenvalue weighted by atomic mass is 9.95. The van der Waals surface area contributed by atoms with Crippen molar-refractivity contribution in [3.63, 3.8) is 0 Å². The van der Waals surface area contributed by atoms with Gasteiger partial charge in [-0.2, -0.15) is 0 Å². The van der Waals surface area contributed by atoms with Gasteiger partial charge in [0.05, 0.1) is 10.3 Å². The number of nitro benzene ring substituents is 1. The van der Waals surface area contributed by atoms with Gasteiger partial charge in [0.2, 0.25) is 5.91 Å². The van der Waals surface area contributed by atoms with E-state index in [2.05, 4.69) is 10.6 Å². The van der Waals surface area contributed by atoms with Crippen molar-refractivity contribution < 1.29 is 14.1 Å². The second-order valence-electron chi connectivity index (χ2n) is 6.08. The maximum atomic E-state index is 13.0. The SMILES string of the molecule is O=C(NCCNc1ccc([N+](=O)[O-])cc1)C1(c2ccc(F)cc2)CC1. The highest BCUT2D eigenvalue weighted by atomic mass is 19.1. The molecule has 0 saturated heterocycles. The highest BCUT2D eigenvalue weighted by Crippen LogP contribution is 2.48. The lowest BCUT2D eigenvalue weighted by Crippen LogP contribution is -2.37. The highest BCUT2D eigenvalue weighted by molar-refractivity contribution is 5.91. The number of non-ortho nitro benzene ring substituents is 1. The molecule has 6 nitrogen and oxygen atoms in total. The summed E-state index contributed by atoms with van der Waals surface area (Å²) in [7, 11) is 0. The molecule has 1 amide bonds. The normalized spacial score (nSPS) is 14.6. The van der Waals surface area contributed by atoms with Crippen LogP contribution in [0.1, 0.15) is 18.4 Å². The molecular weight excluding hydrogens is 325 g/mol. The third-order valence-corrected chi connectivity index (χ3v) is 4.40. The molecular formula is C18H18FN3O3. The first-order valence-corrected chi connectivity index (χ1v) is 8.04. The Morgan fingerprint density at radius 3 is 2.28 bits per heavy atom. The monoisotopic (exact) mass is 343 g/mol. The Bertz CT molecular complexity index is 771. The summed E-state index contributed by atoms with van der Waals surface area (Å²) >= 11 is 0. The minimum Gasteiger partial charge on any atom is -0.383 e. The van der Waals surface area contributed by atoms with Crippen molar-refractivity contribution >= 4 is 17.3 Å². The van der Waals surface area contributed by atoms with E-state index in [1.807, 2.05) is 0 Å². The molecule has 7 heteroatoms. The zero-order valence-corrected chi connectivity index (χ0v) is 13.5. The van der Waals surface area contributed by atoms with Crippen LogP contribution in [-0.2, 0) is 10.2 Å². The summed E-state index contributed by atoms with van der Waals surface area (Å²) in [5.74, 6) is -0.364. The van der Waals surface area contributed by atoms with Gasteiger partial charge in [0.1, 0.15) is 5.82 Å². The molecule has 0 aromatic heterocycles. The smallest absolute Gasteiger partial charge is 0.269 e. The first-order valence-electron chi connectivity index (χ1n) is 8.04. The fourth-order valence-corrected chi connectivity index (χ4v) is 2.79. The van der Waals surface area contributed by atoms with Crippen molar-refractivity contribution in [1.82, 2.24) is 5.32 Å². The molecule has 0 aliphatic heterocycles. The number of halogens is 1. The van der Waals surface area contributed by atoms with Gasteiger partial charge in [0.15, 0.2) is 0 Å². The molecule has 1 saturated carbocycles. The van der Waals surface area contributed by atoms with Gasteiger partial charge in [-0.1, -0.05) is 12.1 Å². The van der Waals surface area contributed by atoms with E-state index >= 15 is 0 Å². The van der Waals surface area contributed by atoms with Crippen LogP contribution in [-0.4, -0.2) is 23.9 Å². The van der Waals surface area contributed by atoms with Crippen molar-refractivity contribution in [3.8, 4) is 0 Å². The summed E-state index contributed by atoms with van der Waals surface area (Å²) in [4.78, 5) is 22.6. The van der Waals surface area contributed by atoms with Gasteiger partial charge in [-0.25, -0.2) is 4.39 Å². The van der Waals surface area contributed by atoms with E-state index in [1.54, 1.807) is 24.3 Å². The van der Waals surface area contributed by atoms with Gasteiger partial charge in [0, 0.05) is 30.9 Å². The number of hydrogen-bond acceptors (Lipinski definition) is 4. The molecule has 0 heterocycles. The Kier molecular flexibility index (Phi) is 4.65. The molecule has 1 fully saturated rings. The lowest BCUT2D eigenvalue weighted by Gasteiger charge is -2.16. The van der Waals surface area contributed by atoms with Crippen molar-refractivity contribution in [2.75, 3.05) is 18.4 Å². The second kappa shape index (κ2) is 6.88. The quantitative estimate of drug-likeness (QED) is 0.460. The van der Waals surface area contributed by atoms with Crippen LogP contribution in [0.5, 0.6) is 0 Å². The summed E-state index contributed by atoms with van der Waals surface area (Å²) in [5, 5.41) is 16.6. The van der Waals surface area contributed by atoms with Crippen LogP contribution in [0.4, 0.5) is 15.8 Å². The fourth-order valence-electron chi connectivity index (χ4n) is 2.79. The molecule has 0 spiro atoms. The number of hydrogen-bond donors (Lipinski definition) is 2. The van der Waals surface area contributed by atoms with Gasteiger partial charge < -0.3 is 10.6 Å². The molecule has 1 aliphatic carbocycles. The second-order valence-corrected chi connectivity index (χ2v) is 6.08. The van der Waals surface area contributed by atoms with E-state index in [4.69, 9.17) is 0 Å². The number of benzene rings is 2. The Balaban J connectivity index is 1.48. The third kappa shape index (κ3) is 3.76. The van der Waals surface area contributed by atoms with E-state index in [9.17, 15) is 19.3 Å². The zero-order valence-electron chi connectivity index (χ0n) is 13.5. The molecule has 0 radical (unpaired) electrons. The Hall–Kier alpha value is -2.96. The Morgan fingerprint density at radius 2 is 1.72 bits per heavy atom. The Morgan fingerprint density at radius 1 is 1.08 bits per heavy atom. The van der Waals surface area contributed by atoms with E-state index in [0.717, 1.165) is 24.1 Å². The fraction of sp³-hybridized carbons (Fsp3) is 0.278. The Labute approximate surface area is 144 Å². The summed E-state index contributed by atoms with van der Waals surface area (Å²) in [6.45, 7) is 0.932. The summed E-state index contributed by atoms with van der Waals surface area (Å²) in [6.07, 6.45) is 1.53. The molecule has 25 heavy (non-hydrogen) atoms. The molecule has 2 aromatic carbocycles. The van der Waals surface area contributed by atoms with E-state index in [0.29, 0.717) is 13.1 Å². The minimum atomic E-state index is -0.527. The van der Waals surface area contributed by atoms with Crippen LogP contribution < -0.4 is 10.6 Å². The van der Waals surface area contributed by atoms with E-state index in [1.165, 1.54) is 24.3 Å². The number of anilines is 1. The van der Waals surface area contributed by atoms with Gasteiger partial charge in [-0.05, 0) is 42.7 Å². The molecule has 3 rings (SSSR count). The van der Waals surface area contributed by atoms with Crippen molar-refractivity contribution in [3.05, 3.63) is 70.0 Å². The molecule has 0 unspecified atom stereocenters. The van der Waals surface area contributed by atoms with Crippen LogP contribution in [0.3, 0.4) is 0 Å². The first kappa shape index (κ1) is 16.9. The summed E-state index contributed by atoms with van der Waals surface area (Å²) in [5.41, 5.74) is 1.10. The zero-order chi connectivity index (χ0) is 17.9.